The van der Waals surface area contributed by atoms with Gasteiger partial charge in [0.05, 0.1) is 12.0 Å². The molecule has 7 nitrogen and oxygen atoms in total. The molecule has 0 bridgehead atoms. The van der Waals surface area contributed by atoms with Crippen LogP contribution in [0.5, 0.6) is 11.5 Å². The smallest absolute Gasteiger partial charge is 0.416 e. The number of carbonyl (C=O) groups excluding carboxylic acids is 1. The van der Waals surface area contributed by atoms with Crippen molar-refractivity contribution in [3.63, 3.8) is 0 Å². The number of rotatable bonds is 4. The number of ether oxygens (including phenoxy) is 2. The number of methoxy groups -OCH3 is 1. The number of aromatic amines is 1. The van der Waals surface area contributed by atoms with Crippen LogP contribution < -0.4 is 9.47 Å². The van der Waals surface area contributed by atoms with Crippen LogP contribution in [0.25, 0.3) is 10.9 Å². The van der Waals surface area contributed by atoms with Crippen LogP contribution in [0.2, 0.25) is 5.02 Å². The second-order valence-corrected chi connectivity index (χ2v) is 10.9. The first-order valence-corrected chi connectivity index (χ1v) is 13.2. The number of sulfone groups is 1. The first kappa shape index (κ1) is 23.3. The number of aromatic nitrogens is 1. The summed E-state index contributed by atoms with van der Waals surface area (Å²) in [4.78, 5) is 18.7. The molecule has 180 valence electrons. The molecule has 1 amide bonds. The van der Waals surface area contributed by atoms with Gasteiger partial charge in [0.1, 0.15) is 17.5 Å². The Balaban J connectivity index is 1.60. The van der Waals surface area contributed by atoms with Crippen molar-refractivity contribution in [1.82, 2.24) is 9.88 Å². The monoisotopic (exact) mass is 510 g/mol. The fraction of sp³-hybridized carbons (Fsp3) is 0.192. The van der Waals surface area contributed by atoms with E-state index in [0.29, 0.717) is 29.5 Å². The number of carbonyl (C=O) groups is 1. The predicted octanol–water partition coefficient (Wildman–Crippen LogP) is 5.38. The molecule has 1 aliphatic heterocycles. The van der Waals surface area contributed by atoms with Gasteiger partial charge >= 0.3 is 6.09 Å². The Morgan fingerprint density at radius 2 is 1.71 bits per heavy atom. The van der Waals surface area contributed by atoms with Gasteiger partial charge in [-0.05, 0) is 72.1 Å². The standard InChI is InChI=1S/C26H23ClN2O5S/c1-33-18-7-3-16(4-8-18)25-24-21(22-15-20(35(2,31)32)11-12-23(22)28-24)13-14-29(25)26(30)34-19-9-5-17(27)6-10-19/h3-12,15,25,28H,13-14H2,1-2H3. The Bertz CT molecular complexity index is 1510. The number of H-pyrrole nitrogens is 1. The minimum absolute atomic E-state index is 0.261. The Labute approximate surface area is 208 Å². The zero-order chi connectivity index (χ0) is 24.7. The second-order valence-electron chi connectivity index (χ2n) is 8.44. The van der Waals surface area contributed by atoms with Gasteiger partial charge in [-0.25, -0.2) is 13.2 Å². The topological polar surface area (TPSA) is 88.7 Å². The van der Waals surface area contributed by atoms with Gasteiger partial charge in [-0.1, -0.05) is 23.7 Å². The van der Waals surface area contributed by atoms with Crippen molar-refractivity contribution in [3.05, 3.63) is 88.6 Å². The zero-order valence-corrected chi connectivity index (χ0v) is 20.7. The Morgan fingerprint density at radius 1 is 1.03 bits per heavy atom. The minimum atomic E-state index is -3.36. The van der Waals surface area contributed by atoms with E-state index >= 15 is 0 Å². The molecule has 0 radical (unpaired) electrons. The summed E-state index contributed by atoms with van der Waals surface area (Å²) in [6.07, 6.45) is 1.25. The summed E-state index contributed by atoms with van der Waals surface area (Å²) in [6.45, 7) is 0.395. The molecule has 4 aromatic rings. The van der Waals surface area contributed by atoms with Gasteiger partial charge in [0.25, 0.3) is 0 Å². The van der Waals surface area contributed by atoms with Gasteiger partial charge in [0, 0.05) is 34.4 Å². The molecule has 5 rings (SSSR count). The highest BCUT2D eigenvalue weighted by atomic mass is 35.5. The summed E-state index contributed by atoms with van der Waals surface area (Å²) in [6, 6.07) is 18.7. The van der Waals surface area contributed by atoms with Crippen molar-refractivity contribution in [2.75, 3.05) is 19.9 Å². The quantitative estimate of drug-likeness (QED) is 0.398. The van der Waals surface area contributed by atoms with Crippen LogP contribution in [0, 0.1) is 0 Å². The molecule has 35 heavy (non-hydrogen) atoms. The average Bonchev–Trinajstić information content (AvgIpc) is 3.22. The molecule has 0 spiro atoms. The van der Waals surface area contributed by atoms with Crippen molar-refractivity contribution in [2.24, 2.45) is 0 Å². The van der Waals surface area contributed by atoms with Crippen molar-refractivity contribution in [1.29, 1.82) is 0 Å². The van der Waals surface area contributed by atoms with Gasteiger partial charge in [0.15, 0.2) is 9.84 Å². The van der Waals surface area contributed by atoms with Gasteiger partial charge in [-0.2, -0.15) is 0 Å². The maximum absolute atomic E-state index is 13.3. The Hall–Kier alpha value is -3.49. The van der Waals surface area contributed by atoms with Crippen LogP contribution in [0.15, 0.2) is 71.6 Å². The van der Waals surface area contributed by atoms with Crippen LogP contribution in [0.1, 0.15) is 22.9 Å². The second kappa shape index (κ2) is 8.94. The van der Waals surface area contributed by atoms with Crippen LogP contribution in [-0.4, -0.2) is 44.3 Å². The van der Waals surface area contributed by atoms with Gasteiger partial charge < -0.3 is 14.5 Å². The predicted molar refractivity (Wildman–Crippen MR) is 134 cm³/mol. The van der Waals surface area contributed by atoms with E-state index < -0.39 is 22.0 Å². The summed E-state index contributed by atoms with van der Waals surface area (Å²) in [7, 11) is -1.76. The molecule has 0 saturated heterocycles. The van der Waals surface area contributed by atoms with Gasteiger partial charge in [-0.3, -0.25) is 4.90 Å². The number of benzene rings is 3. The van der Waals surface area contributed by atoms with E-state index in [9.17, 15) is 13.2 Å². The number of amides is 1. The zero-order valence-electron chi connectivity index (χ0n) is 19.1. The lowest BCUT2D eigenvalue weighted by Gasteiger charge is -2.35. The molecule has 1 unspecified atom stereocenters. The third-order valence-corrected chi connectivity index (χ3v) is 7.57. The Morgan fingerprint density at radius 3 is 2.37 bits per heavy atom. The highest BCUT2D eigenvalue weighted by molar-refractivity contribution is 7.90. The number of nitrogens with zero attached hydrogens (tertiary/aromatic N) is 1. The van der Waals surface area contributed by atoms with Crippen molar-refractivity contribution in [2.45, 2.75) is 17.4 Å². The fourth-order valence-electron chi connectivity index (χ4n) is 4.49. The molecule has 1 N–H and O–H groups in total. The maximum Gasteiger partial charge on any atom is 0.416 e. The molecule has 0 saturated carbocycles. The van der Waals surface area contributed by atoms with Gasteiger partial charge in [-0.15, -0.1) is 0 Å². The summed E-state index contributed by atoms with van der Waals surface area (Å²) in [5, 5.41) is 1.39. The first-order chi connectivity index (χ1) is 16.7. The number of halogens is 1. The number of hydrogen-bond acceptors (Lipinski definition) is 5. The SMILES string of the molecule is COc1ccc(C2c3[nH]c4ccc(S(C)(=O)=O)cc4c3CCN2C(=O)Oc2ccc(Cl)cc2)cc1. The molecule has 9 heteroatoms. The van der Waals surface area contributed by atoms with Gasteiger partial charge in [0.2, 0.25) is 0 Å². The van der Waals surface area contributed by atoms with Crippen molar-refractivity contribution in [3.8, 4) is 11.5 Å². The summed E-state index contributed by atoms with van der Waals surface area (Å²) in [5.41, 5.74) is 3.50. The number of hydrogen-bond donors (Lipinski definition) is 1. The van der Waals surface area contributed by atoms with E-state index in [0.717, 1.165) is 27.7 Å². The van der Waals surface area contributed by atoms with E-state index in [4.69, 9.17) is 21.1 Å². The number of nitrogens with one attached hydrogen (secondary N) is 1. The molecule has 1 aliphatic rings. The lowest BCUT2D eigenvalue weighted by atomic mass is 9.92. The summed E-state index contributed by atoms with van der Waals surface area (Å²) >= 11 is 5.96. The fourth-order valence-corrected chi connectivity index (χ4v) is 5.26. The third-order valence-electron chi connectivity index (χ3n) is 6.21. The van der Waals surface area contributed by atoms with E-state index in [1.807, 2.05) is 24.3 Å². The molecule has 0 fully saturated rings. The molecule has 3 aromatic carbocycles. The lowest BCUT2D eigenvalue weighted by molar-refractivity contribution is 0.135. The van der Waals surface area contributed by atoms with Crippen LogP contribution >= 0.6 is 11.6 Å². The van der Waals surface area contributed by atoms with E-state index in [1.165, 1.54) is 6.26 Å². The third kappa shape index (κ3) is 4.47. The minimum Gasteiger partial charge on any atom is -0.497 e. The van der Waals surface area contributed by atoms with E-state index in [1.54, 1.807) is 54.5 Å². The molecule has 1 atom stereocenters. The molecular weight excluding hydrogens is 488 g/mol. The summed E-state index contributed by atoms with van der Waals surface area (Å²) < 4.78 is 35.3. The molecular formula is C26H23ClN2O5S. The van der Waals surface area contributed by atoms with Crippen LogP contribution in [0.3, 0.4) is 0 Å². The van der Waals surface area contributed by atoms with Crippen LogP contribution in [0.4, 0.5) is 4.79 Å². The normalized spacial score (nSPS) is 15.6. The summed E-state index contributed by atoms with van der Waals surface area (Å²) in [5.74, 6) is 1.10. The first-order valence-electron chi connectivity index (χ1n) is 11.0. The largest absolute Gasteiger partial charge is 0.497 e. The van der Waals surface area contributed by atoms with Crippen molar-refractivity contribution < 1.29 is 22.7 Å². The van der Waals surface area contributed by atoms with E-state index in [2.05, 4.69) is 4.98 Å². The van der Waals surface area contributed by atoms with Crippen LogP contribution in [-0.2, 0) is 16.3 Å². The Kier molecular flexibility index (Phi) is 5.94. The molecule has 2 heterocycles. The number of fused-ring (bicyclic) bond motifs is 3. The van der Waals surface area contributed by atoms with Crippen molar-refractivity contribution >= 4 is 38.4 Å². The average molecular weight is 511 g/mol. The lowest BCUT2D eigenvalue weighted by Crippen LogP contribution is -2.42. The van der Waals surface area contributed by atoms with E-state index in [-0.39, 0.29) is 4.90 Å². The molecule has 1 aromatic heterocycles. The maximum atomic E-state index is 13.3. The highest BCUT2D eigenvalue weighted by Crippen LogP contribution is 2.40. The highest BCUT2D eigenvalue weighted by Gasteiger charge is 2.36. The molecule has 0 aliphatic carbocycles.